The van der Waals surface area contributed by atoms with Crippen molar-refractivity contribution in [3.63, 3.8) is 0 Å². The molecule has 98 valence electrons. The zero-order valence-electron chi connectivity index (χ0n) is 10.4. The van der Waals surface area contributed by atoms with Gasteiger partial charge in [0.05, 0.1) is 6.61 Å². The van der Waals surface area contributed by atoms with E-state index in [-0.39, 0.29) is 31.7 Å². The van der Waals surface area contributed by atoms with Crippen molar-refractivity contribution >= 4 is 17.7 Å². The Morgan fingerprint density at radius 1 is 1.18 bits per heavy atom. The number of carbonyl (C=O) groups excluding carboxylic acids is 2. The number of Topliss-reactive ketones (excluding diaryl/α,β-unsaturated/α-hetero) is 1. The van der Waals surface area contributed by atoms with E-state index in [1.807, 2.05) is 6.92 Å². The van der Waals surface area contributed by atoms with Gasteiger partial charge in [0.1, 0.15) is 11.7 Å². The van der Waals surface area contributed by atoms with E-state index in [1.165, 1.54) is 0 Å². The summed E-state index contributed by atoms with van der Waals surface area (Å²) in [5.41, 5.74) is 0. The third kappa shape index (κ3) is 6.71. The summed E-state index contributed by atoms with van der Waals surface area (Å²) in [4.78, 5) is 33.6. The Bertz CT molecular complexity index is 272. The van der Waals surface area contributed by atoms with Crippen LogP contribution in [0.15, 0.2) is 0 Å². The third-order valence-electron chi connectivity index (χ3n) is 2.35. The van der Waals surface area contributed by atoms with Crippen molar-refractivity contribution in [1.82, 2.24) is 0 Å². The normalized spacial score (nSPS) is 11.9. The third-order valence-corrected chi connectivity index (χ3v) is 2.35. The van der Waals surface area contributed by atoms with E-state index in [4.69, 9.17) is 9.84 Å². The highest BCUT2D eigenvalue weighted by molar-refractivity contribution is 5.99. The number of carbonyl (C=O) groups is 3. The molecule has 0 aliphatic carbocycles. The second-order valence-corrected chi connectivity index (χ2v) is 3.81. The van der Waals surface area contributed by atoms with Crippen molar-refractivity contribution in [2.24, 2.45) is 5.92 Å². The molecule has 17 heavy (non-hydrogen) atoms. The van der Waals surface area contributed by atoms with E-state index in [1.54, 1.807) is 6.92 Å². The van der Waals surface area contributed by atoms with Crippen molar-refractivity contribution in [2.75, 3.05) is 6.61 Å². The van der Waals surface area contributed by atoms with Gasteiger partial charge in [0.15, 0.2) is 0 Å². The summed E-state index contributed by atoms with van der Waals surface area (Å²) >= 11 is 0. The minimum atomic E-state index is -0.930. The molecule has 5 heteroatoms. The maximum Gasteiger partial charge on any atom is 0.316 e. The molecule has 5 nitrogen and oxygen atoms in total. The first kappa shape index (κ1) is 15.6. The zero-order chi connectivity index (χ0) is 13.3. The maximum absolute atomic E-state index is 11.7. The van der Waals surface area contributed by atoms with Crippen LogP contribution in [-0.2, 0) is 19.1 Å². The Hall–Kier alpha value is -1.39. The molecule has 0 aromatic rings. The van der Waals surface area contributed by atoms with Crippen LogP contribution in [0.2, 0.25) is 0 Å². The zero-order valence-corrected chi connectivity index (χ0v) is 10.4. The SMILES string of the molecule is CCCC(C(=O)CCCC(=O)O)C(=O)OCC. The molecule has 1 unspecified atom stereocenters. The van der Waals surface area contributed by atoms with Gasteiger partial charge in [-0.25, -0.2) is 0 Å². The summed E-state index contributed by atoms with van der Waals surface area (Å²) in [5.74, 6) is -2.36. The van der Waals surface area contributed by atoms with Crippen molar-refractivity contribution in [3.05, 3.63) is 0 Å². The molecule has 0 spiro atoms. The number of rotatable bonds is 9. The van der Waals surface area contributed by atoms with Gasteiger partial charge in [0, 0.05) is 12.8 Å². The van der Waals surface area contributed by atoms with E-state index in [9.17, 15) is 14.4 Å². The summed E-state index contributed by atoms with van der Waals surface area (Å²) in [7, 11) is 0. The second kappa shape index (κ2) is 8.73. The molecule has 0 aromatic carbocycles. The molecular weight excluding hydrogens is 224 g/mol. The molecule has 0 rings (SSSR count). The molecule has 0 aliphatic rings. The average molecular weight is 244 g/mol. The van der Waals surface area contributed by atoms with Crippen LogP contribution in [0.5, 0.6) is 0 Å². The van der Waals surface area contributed by atoms with Crippen LogP contribution in [-0.4, -0.2) is 29.4 Å². The lowest BCUT2D eigenvalue weighted by atomic mass is 9.95. The predicted molar refractivity (Wildman–Crippen MR) is 61.5 cm³/mol. The van der Waals surface area contributed by atoms with Crippen LogP contribution >= 0.6 is 0 Å². The summed E-state index contributed by atoms with van der Waals surface area (Å²) in [6.45, 7) is 3.83. The van der Waals surface area contributed by atoms with Crippen molar-refractivity contribution in [3.8, 4) is 0 Å². The number of aliphatic carboxylic acids is 1. The Labute approximate surface area is 101 Å². The lowest BCUT2D eigenvalue weighted by Gasteiger charge is -2.13. The first-order valence-electron chi connectivity index (χ1n) is 5.94. The monoisotopic (exact) mass is 244 g/mol. The lowest BCUT2D eigenvalue weighted by molar-refractivity contribution is -0.151. The van der Waals surface area contributed by atoms with E-state index >= 15 is 0 Å². The van der Waals surface area contributed by atoms with Crippen molar-refractivity contribution in [2.45, 2.75) is 46.0 Å². The number of hydrogen-bond donors (Lipinski definition) is 1. The van der Waals surface area contributed by atoms with Crippen LogP contribution in [0, 0.1) is 5.92 Å². The number of carboxylic acids is 1. The summed E-state index contributed by atoms with van der Waals surface area (Å²) in [5, 5.41) is 8.46. The largest absolute Gasteiger partial charge is 0.481 e. The summed E-state index contributed by atoms with van der Waals surface area (Å²) in [6, 6.07) is 0. The van der Waals surface area contributed by atoms with Crippen LogP contribution in [0.25, 0.3) is 0 Å². The van der Waals surface area contributed by atoms with Gasteiger partial charge < -0.3 is 9.84 Å². The Morgan fingerprint density at radius 2 is 1.82 bits per heavy atom. The van der Waals surface area contributed by atoms with Crippen LogP contribution in [0.1, 0.15) is 46.0 Å². The van der Waals surface area contributed by atoms with Crippen LogP contribution in [0.3, 0.4) is 0 Å². The number of hydrogen-bond acceptors (Lipinski definition) is 4. The van der Waals surface area contributed by atoms with Gasteiger partial charge in [-0.15, -0.1) is 0 Å². The van der Waals surface area contributed by atoms with Gasteiger partial charge in [-0.1, -0.05) is 13.3 Å². The summed E-state index contributed by atoms with van der Waals surface area (Å²) < 4.78 is 4.83. The molecule has 0 aliphatic heterocycles. The number of ether oxygens (including phenoxy) is 1. The quantitative estimate of drug-likeness (QED) is 0.494. The molecule has 0 saturated heterocycles. The van der Waals surface area contributed by atoms with Gasteiger partial charge in [-0.2, -0.15) is 0 Å². The standard InChI is InChI=1S/C12H20O5/c1-3-6-9(12(16)17-4-2)10(13)7-5-8-11(14)15/h9H,3-8H2,1-2H3,(H,14,15). The Morgan fingerprint density at radius 3 is 2.29 bits per heavy atom. The number of esters is 1. The Balaban J connectivity index is 4.23. The predicted octanol–water partition coefficient (Wildman–Crippen LogP) is 1.79. The highest BCUT2D eigenvalue weighted by atomic mass is 16.5. The molecule has 0 radical (unpaired) electrons. The molecule has 1 atom stereocenters. The molecule has 0 fully saturated rings. The molecular formula is C12H20O5. The van der Waals surface area contributed by atoms with Gasteiger partial charge in [0.25, 0.3) is 0 Å². The van der Waals surface area contributed by atoms with E-state index in [0.29, 0.717) is 12.8 Å². The number of ketones is 1. The topological polar surface area (TPSA) is 80.7 Å². The van der Waals surface area contributed by atoms with Gasteiger partial charge in [0.2, 0.25) is 0 Å². The van der Waals surface area contributed by atoms with E-state index in [2.05, 4.69) is 0 Å². The lowest BCUT2D eigenvalue weighted by Crippen LogP contribution is -2.26. The van der Waals surface area contributed by atoms with Gasteiger partial charge in [-0.3, -0.25) is 14.4 Å². The summed E-state index contributed by atoms with van der Waals surface area (Å²) in [6.07, 6.45) is 1.52. The fourth-order valence-electron chi connectivity index (χ4n) is 1.53. The molecule has 0 aromatic heterocycles. The highest BCUT2D eigenvalue weighted by Gasteiger charge is 2.26. The van der Waals surface area contributed by atoms with Crippen LogP contribution in [0.4, 0.5) is 0 Å². The average Bonchev–Trinajstić information content (AvgIpc) is 2.25. The first-order chi connectivity index (χ1) is 8.02. The van der Waals surface area contributed by atoms with E-state index in [0.717, 1.165) is 0 Å². The second-order valence-electron chi connectivity index (χ2n) is 3.81. The minimum Gasteiger partial charge on any atom is -0.481 e. The fraction of sp³-hybridized carbons (Fsp3) is 0.750. The maximum atomic E-state index is 11.7. The molecule has 0 bridgehead atoms. The van der Waals surface area contributed by atoms with Crippen molar-refractivity contribution in [1.29, 1.82) is 0 Å². The number of carboxylic acid groups (broad SMARTS) is 1. The first-order valence-corrected chi connectivity index (χ1v) is 5.94. The molecule has 1 N–H and O–H groups in total. The van der Waals surface area contributed by atoms with Crippen molar-refractivity contribution < 1.29 is 24.2 Å². The highest BCUT2D eigenvalue weighted by Crippen LogP contribution is 2.14. The van der Waals surface area contributed by atoms with Gasteiger partial charge >= 0.3 is 11.9 Å². The fourth-order valence-corrected chi connectivity index (χ4v) is 1.53. The Kier molecular flexibility index (Phi) is 8.01. The smallest absolute Gasteiger partial charge is 0.316 e. The molecule has 0 saturated carbocycles. The van der Waals surface area contributed by atoms with Crippen LogP contribution < -0.4 is 0 Å². The van der Waals surface area contributed by atoms with Gasteiger partial charge in [-0.05, 0) is 19.8 Å². The molecule has 0 amide bonds. The van der Waals surface area contributed by atoms with E-state index < -0.39 is 17.9 Å². The molecule has 0 heterocycles. The minimum absolute atomic E-state index is 0.0482.